The van der Waals surface area contributed by atoms with E-state index in [1.807, 2.05) is 0 Å². The van der Waals surface area contributed by atoms with Crippen molar-refractivity contribution in [3.63, 3.8) is 0 Å². The van der Waals surface area contributed by atoms with Crippen LogP contribution in [0.15, 0.2) is 60.7 Å². The molecule has 0 radical (unpaired) electrons. The number of rotatable bonds is 7. The molecule has 9 heteroatoms. The Morgan fingerprint density at radius 3 is 1.84 bits per heavy atom. The average Bonchev–Trinajstić information content (AvgIpc) is 2.73. The quantitative estimate of drug-likeness (QED) is 0.472. The van der Waals surface area contributed by atoms with E-state index in [4.69, 9.17) is 14.2 Å². The minimum atomic E-state index is -4.91. The number of ether oxygens (including phenoxy) is 4. The molecule has 1 saturated heterocycles. The van der Waals surface area contributed by atoms with Crippen molar-refractivity contribution < 1.29 is 41.3 Å². The molecule has 1 aliphatic rings. The van der Waals surface area contributed by atoms with Gasteiger partial charge in [0.25, 0.3) is 0 Å². The van der Waals surface area contributed by atoms with Crippen LogP contribution in [0.1, 0.15) is 18.1 Å². The van der Waals surface area contributed by atoms with E-state index in [2.05, 4.69) is 4.74 Å². The van der Waals surface area contributed by atoms with E-state index in [-0.39, 0.29) is 13.2 Å². The molecule has 2 aromatic rings. The summed E-state index contributed by atoms with van der Waals surface area (Å²) in [5, 5.41) is 0. The number of alkyl halides is 4. The maximum absolute atomic E-state index is 15.1. The van der Waals surface area contributed by atoms with Gasteiger partial charge in [0.2, 0.25) is 6.29 Å². The third-order valence-electron chi connectivity index (χ3n) is 4.65. The maximum atomic E-state index is 15.1. The number of carbonyl (C=O) groups excluding carboxylic acids is 1. The molecule has 5 atom stereocenters. The number of esters is 1. The SMILES string of the molecule is CC(=O)OC1OC(C(F)(F)F)C(OCc2ccccc2)C(OCc2ccccc2)C1F. The maximum Gasteiger partial charge on any atom is 0.417 e. The Labute approximate surface area is 176 Å². The van der Waals surface area contributed by atoms with E-state index in [1.165, 1.54) is 0 Å². The van der Waals surface area contributed by atoms with Crippen LogP contribution in [0.5, 0.6) is 0 Å². The Balaban J connectivity index is 1.85. The van der Waals surface area contributed by atoms with Gasteiger partial charge in [0.1, 0.15) is 12.2 Å². The summed E-state index contributed by atoms with van der Waals surface area (Å²) in [5.41, 5.74) is 1.23. The first-order chi connectivity index (χ1) is 14.8. The third kappa shape index (κ3) is 6.25. The van der Waals surface area contributed by atoms with Crippen LogP contribution in [0, 0.1) is 0 Å². The van der Waals surface area contributed by atoms with Gasteiger partial charge in [-0.1, -0.05) is 60.7 Å². The lowest BCUT2D eigenvalue weighted by Gasteiger charge is -2.43. The highest BCUT2D eigenvalue weighted by Crippen LogP contribution is 2.38. The van der Waals surface area contributed by atoms with E-state index in [0.717, 1.165) is 6.92 Å². The second kappa shape index (κ2) is 10.2. The molecule has 1 aliphatic heterocycles. The first-order valence-corrected chi connectivity index (χ1v) is 9.60. The number of carbonyl (C=O) groups is 1. The molecule has 3 rings (SSSR count). The third-order valence-corrected chi connectivity index (χ3v) is 4.65. The summed E-state index contributed by atoms with van der Waals surface area (Å²) in [6.07, 6.45) is -15.2. The Kier molecular flexibility index (Phi) is 7.64. The first-order valence-electron chi connectivity index (χ1n) is 9.60. The van der Waals surface area contributed by atoms with Crippen LogP contribution in [-0.2, 0) is 37.0 Å². The highest BCUT2D eigenvalue weighted by atomic mass is 19.4. The lowest BCUT2D eigenvalue weighted by atomic mass is 9.98. The van der Waals surface area contributed by atoms with Crippen molar-refractivity contribution in [2.24, 2.45) is 0 Å². The molecule has 0 spiro atoms. The van der Waals surface area contributed by atoms with Crippen molar-refractivity contribution >= 4 is 5.97 Å². The van der Waals surface area contributed by atoms with Crippen molar-refractivity contribution in [3.05, 3.63) is 71.8 Å². The minimum Gasteiger partial charge on any atom is -0.433 e. The van der Waals surface area contributed by atoms with Crippen LogP contribution >= 0.6 is 0 Å². The normalized spacial score (nSPS) is 26.4. The monoisotopic (exact) mass is 442 g/mol. The van der Waals surface area contributed by atoms with Gasteiger partial charge in [0.15, 0.2) is 12.3 Å². The minimum absolute atomic E-state index is 0.158. The number of halogens is 4. The smallest absolute Gasteiger partial charge is 0.417 e. The predicted molar refractivity (Wildman–Crippen MR) is 101 cm³/mol. The van der Waals surface area contributed by atoms with Gasteiger partial charge in [-0.05, 0) is 11.1 Å². The standard InChI is InChI=1S/C22H22F4O5/c1-14(27)30-21-17(23)18(28-12-15-8-4-2-5-9-15)19(20(31-21)22(24,25)26)29-13-16-10-6-3-7-11-16/h2-11,17-21H,12-13H2,1H3. The molecule has 0 saturated carbocycles. The van der Waals surface area contributed by atoms with Gasteiger partial charge in [-0.25, -0.2) is 4.39 Å². The zero-order valence-electron chi connectivity index (χ0n) is 16.6. The number of hydrogen-bond acceptors (Lipinski definition) is 5. The van der Waals surface area contributed by atoms with Crippen LogP contribution in [0.25, 0.3) is 0 Å². The summed E-state index contributed by atoms with van der Waals surface area (Å²) in [5.74, 6) is -0.973. The van der Waals surface area contributed by atoms with Crippen LogP contribution in [-0.4, -0.2) is 42.9 Å². The molecule has 5 nitrogen and oxygen atoms in total. The summed E-state index contributed by atoms with van der Waals surface area (Å²) in [6.45, 7) is 0.586. The van der Waals surface area contributed by atoms with Gasteiger partial charge in [0, 0.05) is 6.92 Å². The molecule has 31 heavy (non-hydrogen) atoms. The van der Waals surface area contributed by atoms with Crippen LogP contribution in [0.4, 0.5) is 17.6 Å². The van der Waals surface area contributed by atoms with E-state index < -0.39 is 42.9 Å². The summed E-state index contributed by atoms with van der Waals surface area (Å²) in [6, 6.07) is 17.1. The molecular formula is C22H22F4O5. The van der Waals surface area contributed by atoms with Gasteiger partial charge in [-0.3, -0.25) is 4.79 Å². The lowest BCUT2D eigenvalue weighted by molar-refractivity contribution is -0.350. The fourth-order valence-corrected chi connectivity index (χ4v) is 3.23. The van der Waals surface area contributed by atoms with E-state index in [0.29, 0.717) is 11.1 Å². The average molecular weight is 442 g/mol. The van der Waals surface area contributed by atoms with Crippen molar-refractivity contribution in [1.29, 1.82) is 0 Å². The van der Waals surface area contributed by atoms with Crippen LogP contribution in [0.3, 0.4) is 0 Å². The number of hydrogen-bond donors (Lipinski definition) is 0. The number of benzene rings is 2. The molecular weight excluding hydrogens is 420 g/mol. The fraction of sp³-hybridized carbons (Fsp3) is 0.409. The Hall–Kier alpha value is -2.49. The van der Waals surface area contributed by atoms with Crippen molar-refractivity contribution in [3.8, 4) is 0 Å². The molecule has 0 aliphatic carbocycles. The second-order valence-corrected chi connectivity index (χ2v) is 7.04. The second-order valence-electron chi connectivity index (χ2n) is 7.04. The molecule has 1 fully saturated rings. The summed E-state index contributed by atoms with van der Waals surface area (Å²) < 4.78 is 76.9. The van der Waals surface area contributed by atoms with E-state index in [1.54, 1.807) is 60.7 Å². The highest BCUT2D eigenvalue weighted by Gasteiger charge is 2.58. The van der Waals surface area contributed by atoms with Crippen LogP contribution < -0.4 is 0 Å². The van der Waals surface area contributed by atoms with Gasteiger partial charge in [-0.15, -0.1) is 0 Å². The molecule has 0 aromatic heterocycles. The molecule has 0 amide bonds. The summed E-state index contributed by atoms with van der Waals surface area (Å²) in [7, 11) is 0. The zero-order valence-corrected chi connectivity index (χ0v) is 16.6. The molecule has 0 bridgehead atoms. The fourth-order valence-electron chi connectivity index (χ4n) is 3.23. The van der Waals surface area contributed by atoms with Crippen molar-refractivity contribution in [2.75, 3.05) is 0 Å². The molecule has 5 unspecified atom stereocenters. The molecule has 1 heterocycles. The summed E-state index contributed by atoms with van der Waals surface area (Å²) in [4.78, 5) is 11.3. The van der Waals surface area contributed by atoms with Gasteiger partial charge in [0.05, 0.1) is 13.2 Å². The lowest BCUT2D eigenvalue weighted by Crippen LogP contribution is -2.62. The van der Waals surface area contributed by atoms with Gasteiger partial charge < -0.3 is 18.9 Å². The Bertz CT molecular complexity index is 831. The van der Waals surface area contributed by atoms with E-state index in [9.17, 15) is 18.0 Å². The van der Waals surface area contributed by atoms with Gasteiger partial charge in [-0.2, -0.15) is 13.2 Å². The largest absolute Gasteiger partial charge is 0.433 e. The van der Waals surface area contributed by atoms with E-state index >= 15 is 4.39 Å². The topological polar surface area (TPSA) is 54.0 Å². The summed E-state index contributed by atoms with van der Waals surface area (Å²) >= 11 is 0. The first kappa shape index (κ1) is 23.2. The predicted octanol–water partition coefficient (Wildman–Crippen LogP) is 4.35. The van der Waals surface area contributed by atoms with Crippen LogP contribution in [0.2, 0.25) is 0 Å². The Morgan fingerprint density at radius 1 is 0.903 bits per heavy atom. The zero-order chi connectivity index (χ0) is 22.4. The Morgan fingerprint density at radius 2 is 1.39 bits per heavy atom. The van der Waals surface area contributed by atoms with Crippen molar-refractivity contribution in [2.45, 2.75) is 57.1 Å². The molecule has 168 valence electrons. The van der Waals surface area contributed by atoms with Gasteiger partial charge >= 0.3 is 12.1 Å². The van der Waals surface area contributed by atoms with Crippen molar-refractivity contribution in [1.82, 2.24) is 0 Å². The molecule has 2 aromatic carbocycles. The highest BCUT2D eigenvalue weighted by molar-refractivity contribution is 5.66. The molecule has 0 N–H and O–H groups in total.